The zero-order valence-corrected chi connectivity index (χ0v) is 35.3. The van der Waals surface area contributed by atoms with Gasteiger partial charge in [-0.1, -0.05) is 120 Å². The molecular formula is C38H75N9. The van der Waals surface area contributed by atoms with E-state index in [4.69, 9.17) is 0 Å². The standard InChI is InChI=1S/C14H29N3.C14H27N3.C10H19N3/c2*1-12(2,3)10-11(13(4,5)6)17(16-15-10)14(7,8)9;1-9(2,3)8-7-13(12-11-8)10(4,5)6/h10-11H,1-9H3;1-9H3;7H,1-6H3. The zero-order chi connectivity index (χ0) is 37.6. The Bertz CT molecular complexity index is 1220. The van der Waals surface area contributed by atoms with Crippen molar-refractivity contribution in [2.24, 2.45) is 21.2 Å². The highest BCUT2D eigenvalue weighted by molar-refractivity contribution is 5.26. The van der Waals surface area contributed by atoms with Crippen LogP contribution in [0.1, 0.15) is 183 Å². The van der Waals surface area contributed by atoms with Crippen molar-refractivity contribution in [2.75, 3.05) is 0 Å². The minimum atomic E-state index is -0.0287. The van der Waals surface area contributed by atoms with E-state index in [0.717, 1.165) is 11.4 Å². The lowest BCUT2D eigenvalue weighted by Crippen LogP contribution is -2.54. The number of rotatable bonds is 0. The maximum absolute atomic E-state index is 4.55. The summed E-state index contributed by atoms with van der Waals surface area (Å²) in [6, 6.07) is 0.629. The molecule has 0 amide bonds. The Morgan fingerprint density at radius 2 is 1.00 bits per heavy atom. The molecule has 3 rings (SSSR count). The largest absolute Gasteiger partial charge is 0.268 e. The summed E-state index contributed by atoms with van der Waals surface area (Å²) in [7, 11) is 0. The minimum absolute atomic E-state index is 0.0243. The van der Waals surface area contributed by atoms with Gasteiger partial charge in [-0.3, -0.25) is 5.01 Å². The Labute approximate surface area is 290 Å². The minimum Gasteiger partial charge on any atom is -0.268 e. The maximum Gasteiger partial charge on any atom is 0.100 e. The Balaban J connectivity index is 0.000000356. The van der Waals surface area contributed by atoms with Crippen LogP contribution >= 0.6 is 0 Å². The summed E-state index contributed by atoms with van der Waals surface area (Å²) in [4.78, 5) is 0. The Morgan fingerprint density at radius 3 is 1.28 bits per heavy atom. The van der Waals surface area contributed by atoms with Crippen molar-refractivity contribution in [1.29, 1.82) is 0 Å². The average Bonchev–Trinajstić information content (AvgIpc) is 3.54. The molecular weight excluding hydrogens is 582 g/mol. The molecule has 0 saturated carbocycles. The van der Waals surface area contributed by atoms with E-state index in [1.807, 2.05) is 10.9 Å². The molecule has 0 N–H and O–H groups in total. The van der Waals surface area contributed by atoms with Crippen LogP contribution in [0.15, 0.2) is 16.5 Å². The molecule has 9 nitrogen and oxygen atoms in total. The number of hydrogen-bond acceptors (Lipinski definition) is 7. The molecule has 9 heteroatoms. The molecule has 0 bridgehead atoms. The number of aromatic nitrogens is 6. The highest BCUT2D eigenvalue weighted by Crippen LogP contribution is 2.43. The van der Waals surface area contributed by atoms with Gasteiger partial charge in [0.05, 0.1) is 39.7 Å². The summed E-state index contributed by atoms with van der Waals surface area (Å²) < 4.78 is 3.99. The first-order valence-corrected chi connectivity index (χ1v) is 17.5. The zero-order valence-electron chi connectivity index (χ0n) is 35.3. The second kappa shape index (κ2) is 13.5. The molecule has 0 fully saturated rings. The van der Waals surface area contributed by atoms with E-state index in [2.05, 4.69) is 207 Å². The first-order valence-electron chi connectivity index (χ1n) is 17.5. The fraction of sp³-hybridized carbons (Fsp3) is 0.895. The number of nitrogens with zero attached hydrogens (tertiary/aromatic N) is 9. The van der Waals surface area contributed by atoms with Gasteiger partial charge in [0.15, 0.2) is 0 Å². The van der Waals surface area contributed by atoms with Crippen LogP contribution in [-0.2, 0) is 27.3 Å². The van der Waals surface area contributed by atoms with Crippen LogP contribution in [0.4, 0.5) is 0 Å². The lowest BCUT2D eigenvalue weighted by Gasteiger charge is -2.45. The van der Waals surface area contributed by atoms with Crippen molar-refractivity contribution < 1.29 is 0 Å². The molecule has 0 saturated heterocycles. The van der Waals surface area contributed by atoms with Gasteiger partial charge < -0.3 is 0 Å². The molecule has 0 aromatic carbocycles. The maximum atomic E-state index is 4.55. The second-order valence-electron chi connectivity index (χ2n) is 21.7. The second-order valence-corrected chi connectivity index (χ2v) is 21.7. The highest BCUT2D eigenvalue weighted by atomic mass is 15.6. The van der Waals surface area contributed by atoms with Gasteiger partial charge in [0.2, 0.25) is 0 Å². The highest BCUT2D eigenvalue weighted by Gasteiger charge is 2.49. The van der Waals surface area contributed by atoms with E-state index < -0.39 is 0 Å². The molecule has 1 aliphatic rings. The summed E-state index contributed by atoms with van der Waals surface area (Å²) in [5, 5.41) is 28.3. The van der Waals surface area contributed by atoms with E-state index in [-0.39, 0.29) is 49.7 Å². The van der Waals surface area contributed by atoms with Crippen LogP contribution in [0.2, 0.25) is 0 Å². The van der Waals surface area contributed by atoms with Gasteiger partial charge in [0.25, 0.3) is 0 Å². The van der Waals surface area contributed by atoms with Crippen LogP contribution in [-0.4, -0.2) is 52.6 Å². The molecule has 1 aliphatic heterocycles. The molecule has 2 aromatic rings. The first kappa shape index (κ1) is 42.7. The van der Waals surface area contributed by atoms with Crippen molar-refractivity contribution in [1.82, 2.24) is 35.0 Å². The van der Waals surface area contributed by atoms with E-state index in [0.29, 0.717) is 6.04 Å². The van der Waals surface area contributed by atoms with Crippen molar-refractivity contribution >= 4 is 0 Å². The normalized spacial score (nSPS) is 18.5. The summed E-state index contributed by atoms with van der Waals surface area (Å²) >= 11 is 0. The molecule has 47 heavy (non-hydrogen) atoms. The smallest absolute Gasteiger partial charge is 0.100 e. The fourth-order valence-corrected chi connectivity index (χ4v) is 5.27. The van der Waals surface area contributed by atoms with Crippen molar-refractivity contribution in [3.8, 4) is 0 Å². The molecule has 0 spiro atoms. The molecule has 3 heterocycles. The topological polar surface area (TPSA) is 89.4 Å². The SMILES string of the molecule is CC(C)(C)C1N=NN(C(C)(C)C)C1C(C)(C)C.CC(C)(C)c1cn(C(C)(C)C)nn1.CC(C)(C)c1nnn(C(C)(C)C)c1C(C)(C)C. The van der Waals surface area contributed by atoms with E-state index >= 15 is 0 Å². The summed E-state index contributed by atoms with van der Waals surface area (Å²) in [6.45, 7) is 52.8. The average molecular weight is 658 g/mol. The number of hydrogen-bond donors (Lipinski definition) is 0. The van der Waals surface area contributed by atoms with Crippen molar-refractivity contribution in [3.63, 3.8) is 0 Å². The van der Waals surface area contributed by atoms with Gasteiger partial charge in [-0.15, -0.1) is 10.2 Å². The van der Waals surface area contributed by atoms with Crippen molar-refractivity contribution in [2.45, 2.75) is 211 Å². The van der Waals surface area contributed by atoms with Crippen LogP contribution in [0.3, 0.4) is 0 Å². The molecule has 2 aromatic heterocycles. The van der Waals surface area contributed by atoms with Crippen LogP contribution in [0, 0.1) is 10.8 Å². The monoisotopic (exact) mass is 658 g/mol. The van der Waals surface area contributed by atoms with Gasteiger partial charge in [0, 0.05) is 22.4 Å². The van der Waals surface area contributed by atoms with E-state index in [1.54, 1.807) is 0 Å². The van der Waals surface area contributed by atoms with Gasteiger partial charge in [-0.25, -0.2) is 9.36 Å². The van der Waals surface area contributed by atoms with Crippen LogP contribution in [0.5, 0.6) is 0 Å². The molecule has 2 unspecified atom stereocenters. The quantitative estimate of drug-likeness (QED) is 0.281. The summed E-state index contributed by atoms with van der Waals surface area (Å²) in [5.41, 5.74) is 3.93. The van der Waals surface area contributed by atoms with Gasteiger partial charge in [0.1, 0.15) is 6.04 Å². The lowest BCUT2D eigenvalue weighted by atomic mass is 9.72. The third-order valence-electron chi connectivity index (χ3n) is 7.97. The first-order chi connectivity index (χ1) is 20.4. The van der Waals surface area contributed by atoms with E-state index in [1.165, 1.54) is 5.69 Å². The third kappa shape index (κ3) is 11.7. The van der Waals surface area contributed by atoms with Crippen LogP contribution in [0.25, 0.3) is 0 Å². The third-order valence-corrected chi connectivity index (χ3v) is 7.97. The fourth-order valence-electron chi connectivity index (χ4n) is 5.27. The molecule has 2 atom stereocenters. The summed E-state index contributed by atoms with van der Waals surface area (Å²) in [6.07, 6.45) is 2.03. The molecule has 272 valence electrons. The van der Waals surface area contributed by atoms with Crippen molar-refractivity contribution in [3.05, 3.63) is 23.3 Å². The lowest BCUT2D eigenvalue weighted by molar-refractivity contribution is 0.0185. The van der Waals surface area contributed by atoms with Gasteiger partial charge in [-0.2, -0.15) is 5.11 Å². The Morgan fingerprint density at radius 1 is 0.511 bits per heavy atom. The Hall–Kier alpha value is -2.32. The van der Waals surface area contributed by atoms with Gasteiger partial charge in [-0.05, 0) is 73.1 Å². The predicted octanol–water partition coefficient (Wildman–Crippen LogP) is 10.3. The molecule has 0 aliphatic carbocycles. The van der Waals surface area contributed by atoms with Gasteiger partial charge >= 0.3 is 0 Å². The molecule has 0 radical (unpaired) electrons. The Kier molecular flexibility index (Phi) is 12.3. The van der Waals surface area contributed by atoms with E-state index in [9.17, 15) is 0 Å². The summed E-state index contributed by atoms with van der Waals surface area (Å²) in [5.74, 6) is 0. The van der Waals surface area contributed by atoms with Crippen LogP contribution < -0.4 is 0 Å². The predicted molar refractivity (Wildman–Crippen MR) is 199 cm³/mol.